The number of imidazole rings is 1. The fourth-order valence-electron chi connectivity index (χ4n) is 3.85. The van der Waals surface area contributed by atoms with Crippen molar-refractivity contribution in [2.45, 2.75) is 32.7 Å². The number of aromatic nitrogens is 3. The molecule has 8 nitrogen and oxygen atoms in total. The van der Waals surface area contributed by atoms with Gasteiger partial charge in [0.05, 0.1) is 35.3 Å². The highest BCUT2D eigenvalue weighted by atomic mass is 16.2. The lowest BCUT2D eigenvalue weighted by atomic mass is 9.89. The maximum atomic E-state index is 13.0. The second-order valence-electron chi connectivity index (χ2n) is 7.72. The number of benzene rings is 1. The number of carbonyl (C=O) groups is 2. The summed E-state index contributed by atoms with van der Waals surface area (Å²) in [6.45, 7) is 4.43. The Kier molecular flexibility index (Phi) is 4.92. The van der Waals surface area contributed by atoms with Gasteiger partial charge in [-0.05, 0) is 55.0 Å². The quantitative estimate of drug-likeness (QED) is 0.580. The smallest absolute Gasteiger partial charge is 0.313 e. The first-order chi connectivity index (χ1) is 13.9. The van der Waals surface area contributed by atoms with Gasteiger partial charge in [0.15, 0.2) is 0 Å². The van der Waals surface area contributed by atoms with Crippen molar-refractivity contribution in [1.29, 1.82) is 0 Å². The molecule has 0 bridgehead atoms. The number of fused-ring (bicyclic) bond motifs is 1. The van der Waals surface area contributed by atoms with E-state index in [-0.39, 0.29) is 6.04 Å². The number of nitrogens with two attached hydrogens (primary N) is 1. The molecule has 1 aliphatic rings. The van der Waals surface area contributed by atoms with E-state index in [1.54, 1.807) is 24.2 Å². The van der Waals surface area contributed by atoms with E-state index in [0.717, 1.165) is 35.0 Å². The fourth-order valence-corrected chi connectivity index (χ4v) is 3.85. The molecule has 3 aromatic rings. The van der Waals surface area contributed by atoms with E-state index >= 15 is 0 Å². The van der Waals surface area contributed by atoms with Crippen LogP contribution >= 0.6 is 0 Å². The minimum absolute atomic E-state index is 0.156. The Morgan fingerprint density at radius 3 is 2.86 bits per heavy atom. The molecule has 8 heteroatoms. The molecule has 1 aromatic carbocycles. The minimum Gasteiger partial charge on any atom is -0.383 e. The summed E-state index contributed by atoms with van der Waals surface area (Å²) in [6.07, 6.45) is 4.90. The Morgan fingerprint density at radius 1 is 1.24 bits per heavy atom. The third-order valence-corrected chi connectivity index (χ3v) is 5.48. The second-order valence-corrected chi connectivity index (χ2v) is 7.72. The number of pyridine rings is 1. The number of carbonyl (C=O) groups excluding carboxylic acids is 2. The van der Waals surface area contributed by atoms with Gasteiger partial charge in [0, 0.05) is 6.54 Å². The van der Waals surface area contributed by atoms with Crippen LogP contribution in [0.1, 0.15) is 36.9 Å². The number of hydrogen-bond donors (Lipinski definition) is 3. The Labute approximate surface area is 168 Å². The molecule has 0 radical (unpaired) electrons. The molecule has 0 aliphatic carbocycles. The van der Waals surface area contributed by atoms with Crippen LogP contribution in [0.2, 0.25) is 0 Å². The van der Waals surface area contributed by atoms with Crippen LogP contribution in [-0.2, 0) is 9.59 Å². The van der Waals surface area contributed by atoms with E-state index in [1.165, 1.54) is 6.20 Å². The number of nitrogen functional groups attached to an aromatic ring is 1. The van der Waals surface area contributed by atoms with Crippen molar-refractivity contribution >= 4 is 34.4 Å². The van der Waals surface area contributed by atoms with E-state index in [4.69, 9.17) is 5.73 Å². The van der Waals surface area contributed by atoms with Gasteiger partial charge in [-0.25, -0.2) is 9.97 Å². The number of hydrogen-bond acceptors (Lipinski definition) is 5. The topological polar surface area (TPSA) is 117 Å². The Balaban J connectivity index is 1.57. The van der Waals surface area contributed by atoms with Gasteiger partial charge in [-0.3, -0.25) is 9.59 Å². The van der Waals surface area contributed by atoms with Gasteiger partial charge < -0.3 is 20.9 Å². The minimum atomic E-state index is -0.670. The van der Waals surface area contributed by atoms with Crippen molar-refractivity contribution in [3.05, 3.63) is 47.9 Å². The van der Waals surface area contributed by atoms with Gasteiger partial charge >= 0.3 is 11.8 Å². The summed E-state index contributed by atoms with van der Waals surface area (Å²) in [5, 5.41) is 2.65. The van der Waals surface area contributed by atoms with Crippen molar-refractivity contribution in [3.8, 4) is 0 Å². The van der Waals surface area contributed by atoms with E-state index in [1.807, 2.05) is 18.2 Å². The van der Waals surface area contributed by atoms with Gasteiger partial charge in [0.2, 0.25) is 0 Å². The Hall–Kier alpha value is -3.42. The predicted octanol–water partition coefficient (Wildman–Crippen LogP) is 2.79. The van der Waals surface area contributed by atoms with Crippen molar-refractivity contribution in [3.63, 3.8) is 0 Å². The second kappa shape index (κ2) is 7.54. The van der Waals surface area contributed by atoms with E-state index in [2.05, 4.69) is 27.2 Å². The summed E-state index contributed by atoms with van der Waals surface area (Å²) in [5.74, 6) is -0.486. The molecule has 29 heavy (non-hydrogen) atoms. The third kappa shape index (κ3) is 3.78. The lowest BCUT2D eigenvalue weighted by Crippen LogP contribution is -2.46. The number of nitrogens with one attached hydrogen (secondary N) is 2. The highest BCUT2D eigenvalue weighted by molar-refractivity contribution is 6.39. The molecule has 1 aliphatic heterocycles. The van der Waals surface area contributed by atoms with E-state index < -0.39 is 11.8 Å². The number of anilines is 2. The predicted molar refractivity (Wildman–Crippen MR) is 111 cm³/mol. The number of aromatic amines is 1. The zero-order valence-electron chi connectivity index (χ0n) is 16.5. The fraction of sp³-hybridized carbons (Fsp3) is 0.333. The molecular formula is C21H24N6O2. The van der Waals surface area contributed by atoms with Gasteiger partial charge in [0.1, 0.15) is 5.82 Å². The lowest BCUT2D eigenvalue weighted by molar-refractivity contribution is -0.146. The van der Waals surface area contributed by atoms with Crippen molar-refractivity contribution in [2.75, 3.05) is 17.6 Å². The van der Waals surface area contributed by atoms with Crippen LogP contribution in [0.25, 0.3) is 11.0 Å². The van der Waals surface area contributed by atoms with Crippen LogP contribution in [0.15, 0.2) is 36.8 Å². The molecule has 3 heterocycles. The highest BCUT2D eigenvalue weighted by Gasteiger charge is 2.34. The number of rotatable bonds is 2. The maximum Gasteiger partial charge on any atom is 0.313 e. The summed E-state index contributed by atoms with van der Waals surface area (Å²) in [4.78, 5) is 38.8. The molecule has 0 spiro atoms. The zero-order valence-corrected chi connectivity index (χ0v) is 16.5. The maximum absolute atomic E-state index is 13.0. The number of nitrogens with zero attached hydrogens (tertiary/aromatic N) is 3. The molecule has 1 unspecified atom stereocenters. The van der Waals surface area contributed by atoms with Crippen LogP contribution in [0, 0.1) is 12.8 Å². The third-order valence-electron chi connectivity index (χ3n) is 5.48. The first-order valence-electron chi connectivity index (χ1n) is 9.69. The first-order valence-corrected chi connectivity index (χ1v) is 9.69. The molecule has 4 N–H and O–H groups in total. The van der Waals surface area contributed by atoms with E-state index in [9.17, 15) is 9.59 Å². The van der Waals surface area contributed by atoms with Gasteiger partial charge in [-0.2, -0.15) is 0 Å². The number of likely N-dealkylation sites (tertiary alicyclic amines) is 1. The number of H-pyrrole nitrogens is 1. The van der Waals surface area contributed by atoms with Crippen molar-refractivity contribution in [1.82, 2.24) is 19.9 Å². The molecule has 1 saturated heterocycles. The van der Waals surface area contributed by atoms with Crippen molar-refractivity contribution in [2.24, 2.45) is 5.92 Å². The Morgan fingerprint density at radius 2 is 2.07 bits per heavy atom. The largest absolute Gasteiger partial charge is 0.383 e. The summed E-state index contributed by atoms with van der Waals surface area (Å²) < 4.78 is 0. The van der Waals surface area contributed by atoms with Gasteiger partial charge in [-0.1, -0.05) is 13.0 Å². The van der Waals surface area contributed by atoms with E-state index in [0.29, 0.717) is 24.0 Å². The average molecular weight is 392 g/mol. The van der Waals surface area contributed by atoms with Crippen LogP contribution in [-0.4, -0.2) is 38.2 Å². The van der Waals surface area contributed by atoms with Crippen LogP contribution in [0.4, 0.5) is 11.5 Å². The van der Waals surface area contributed by atoms with Crippen LogP contribution in [0.3, 0.4) is 0 Å². The van der Waals surface area contributed by atoms with Gasteiger partial charge in [0.25, 0.3) is 0 Å². The average Bonchev–Trinajstić information content (AvgIpc) is 3.18. The van der Waals surface area contributed by atoms with Crippen molar-refractivity contribution < 1.29 is 9.59 Å². The molecule has 0 saturated carbocycles. The summed E-state index contributed by atoms with van der Waals surface area (Å²) in [5.41, 5.74) is 9.70. The normalized spacial score (nSPS) is 19.3. The van der Waals surface area contributed by atoms with Gasteiger partial charge in [-0.15, -0.1) is 0 Å². The zero-order chi connectivity index (χ0) is 20.5. The standard InChI is InChI=1S/C21H24N6O2/c1-12-3-6-18(14-4-5-16-17(8-14)25-11-24-16)27(10-12)21(29)20(28)26-15-7-13(2)19(22)23-9-15/h4-5,7-9,11-12,18H,3,6,10H2,1-2H3,(H2,22,23)(H,24,25)(H,26,28)/t12-,18?/m0/s1. The Bertz CT molecular complexity index is 1080. The first kappa shape index (κ1) is 18.9. The monoisotopic (exact) mass is 392 g/mol. The lowest BCUT2D eigenvalue weighted by Gasteiger charge is -2.38. The van der Waals surface area contributed by atoms with Crippen LogP contribution in [0.5, 0.6) is 0 Å². The molecule has 150 valence electrons. The molecule has 4 rings (SSSR count). The molecule has 1 fully saturated rings. The summed E-state index contributed by atoms with van der Waals surface area (Å²) in [6, 6.07) is 7.48. The molecular weight excluding hydrogens is 368 g/mol. The molecule has 2 aromatic heterocycles. The SMILES string of the molecule is Cc1cc(NC(=O)C(=O)N2C[C@@H](C)CCC2c2ccc3[nH]cnc3c2)cnc1N. The number of aryl methyl sites for hydroxylation is 1. The molecule has 2 amide bonds. The number of amides is 2. The summed E-state index contributed by atoms with van der Waals surface area (Å²) >= 11 is 0. The molecule has 2 atom stereocenters. The number of piperidine rings is 1. The highest BCUT2D eigenvalue weighted by Crippen LogP contribution is 2.34. The van der Waals surface area contributed by atoms with Crippen LogP contribution < -0.4 is 11.1 Å². The summed E-state index contributed by atoms with van der Waals surface area (Å²) in [7, 11) is 0.